The highest BCUT2D eigenvalue weighted by Crippen LogP contribution is 2.35. The lowest BCUT2D eigenvalue weighted by Gasteiger charge is -2.06. The largest absolute Gasteiger partial charge is 0.505 e. The van der Waals surface area contributed by atoms with Crippen LogP contribution < -0.4 is 0 Å². The first kappa shape index (κ1) is 11.3. The fourth-order valence-electron chi connectivity index (χ4n) is 1.38. The van der Waals surface area contributed by atoms with Crippen molar-refractivity contribution in [3.05, 3.63) is 28.9 Å². The number of fused-ring (bicyclic) bond motifs is 1. The topological polar surface area (TPSA) is 87.5 Å². The van der Waals surface area contributed by atoms with Crippen molar-refractivity contribution in [2.75, 3.05) is 0 Å². The second-order valence-corrected chi connectivity index (χ2v) is 5.32. The minimum Gasteiger partial charge on any atom is -0.505 e. The third-order valence-corrected chi connectivity index (χ3v) is 3.56. The van der Waals surface area contributed by atoms with Crippen LogP contribution in [0.25, 0.3) is 10.9 Å². The van der Waals surface area contributed by atoms with Crippen molar-refractivity contribution in [1.29, 1.82) is 0 Å². The molecule has 5 nitrogen and oxygen atoms in total. The zero-order valence-electron chi connectivity index (χ0n) is 7.75. The van der Waals surface area contributed by atoms with Crippen LogP contribution in [0.4, 0.5) is 0 Å². The van der Waals surface area contributed by atoms with Crippen LogP contribution in [0, 0.1) is 0 Å². The Hall–Kier alpha value is -1.18. The molecule has 7 heteroatoms. The molecule has 2 N–H and O–H groups in total. The normalized spacial score (nSPS) is 11.9. The highest BCUT2D eigenvalue weighted by molar-refractivity contribution is 9.10. The van der Waals surface area contributed by atoms with E-state index >= 15 is 0 Å². The van der Waals surface area contributed by atoms with Crippen molar-refractivity contribution in [1.82, 2.24) is 4.98 Å². The number of nitrogens with zero attached hydrogens (tertiary/aromatic N) is 1. The summed E-state index contributed by atoms with van der Waals surface area (Å²) in [5.41, 5.74) is 0.115. The zero-order chi connectivity index (χ0) is 11.9. The molecule has 0 aliphatic heterocycles. The van der Waals surface area contributed by atoms with E-state index in [1.54, 1.807) is 0 Å². The Morgan fingerprint density at radius 1 is 1.38 bits per heavy atom. The van der Waals surface area contributed by atoms with Gasteiger partial charge in [-0.05, 0) is 34.1 Å². The van der Waals surface area contributed by atoms with Gasteiger partial charge in [0.1, 0.15) is 10.4 Å². The van der Waals surface area contributed by atoms with E-state index in [0.717, 1.165) is 6.07 Å². The summed E-state index contributed by atoms with van der Waals surface area (Å²) < 4.78 is 31.5. The number of rotatable bonds is 1. The Balaban J connectivity index is 3.02. The lowest BCUT2D eigenvalue weighted by molar-refractivity contribution is 0.475. The Kier molecular flexibility index (Phi) is 2.61. The smallest absolute Gasteiger partial charge is 0.295 e. The number of hydrogen-bond acceptors (Lipinski definition) is 4. The highest BCUT2D eigenvalue weighted by atomic mass is 79.9. The van der Waals surface area contributed by atoms with Crippen LogP contribution in [0.15, 0.2) is 33.8 Å². The maximum Gasteiger partial charge on any atom is 0.295 e. The number of phenols is 1. The zero-order valence-corrected chi connectivity index (χ0v) is 10.2. The van der Waals surface area contributed by atoms with E-state index in [-0.39, 0.29) is 26.0 Å². The number of hydrogen-bond donors (Lipinski definition) is 2. The van der Waals surface area contributed by atoms with E-state index in [0.29, 0.717) is 0 Å². The van der Waals surface area contributed by atoms with E-state index in [9.17, 15) is 13.5 Å². The molecule has 0 radical (unpaired) electrons. The van der Waals surface area contributed by atoms with E-state index in [2.05, 4.69) is 20.9 Å². The predicted molar refractivity (Wildman–Crippen MR) is 60.9 cm³/mol. The van der Waals surface area contributed by atoms with Crippen LogP contribution in [0.5, 0.6) is 5.75 Å². The molecule has 2 rings (SSSR count). The van der Waals surface area contributed by atoms with Crippen LogP contribution in [0.2, 0.25) is 0 Å². The molecule has 0 unspecified atom stereocenters. The molecule has 0 saturated heterocycles. The van der Waals surface area contributed by atoms with Gasteiger partial charge in [-0.25, -0.2) is 0 Å². The summed E-state index contributed by atoms with van der Waals surface area (Å²) in [6.45, 7) is 0. The molecular weight excluding hydrogens is 298 g/mol. The summed E-state index contributed by atoms with van der Waals surface area (Å²) in [5.74, 6) is -0.164. The Bertz CT molecular complexity index is 669. The minimum atomic E-state index is -4.35. The number of pyridine rings is 1. The number of phenolic OH excluding ortho intramolecular Hbond substituents is 1. The molecule has 84 valence electrons. The average Bonchev–Trinajstić information content (AvgIpc) is 2.22. The van der Waals surface area contributed by atoms with Gasteiger partial charge in [-0.3, -0.25) is 9.54 Å². The highest BCUT2D eigenvalue weighted by Gasteiger charge is 2.18. The van der Waals surface area contributed by atoms with Gasteiger partial charge in [-0.1, -0.05) is 0 Å². The fourth-order valence-corrected chi connectivity index (χ4v) is 2.66. The van der Waals surface area contributed by atoms with Crippen LogP contribution in [0.1, 0.15) is 0 Å². The lowest BCUT2D eigenvalue weighted by Crippen LogP contribution is -2.00. The average molecular weight is 304 g/mol. The van der Waals surface area contributed by atoms with Gasteiger partial charge in [0.15, 0.2) is 5.75 Å². The molecule has 1 heterocycles. The summed E-state index contributed by atoms with van der Waals surface area (Å²) in [6.07, 6.45) is 1.42. The number of aromatic nitrogens is 1. The van der Waals surface area contributed by atoms with Gasteiger partial charge in [-0.15, -0.1) is 0 Å². The van der Waals surface area contributed by atoms with E-state index < -0.39 is 10.1 Å². The van der Waals surface area contributed by atoms with Crippen LogP contribution in [-0.4, -0.2) is 23.1 Å². The second kappa shape index (κ2) is 3.69. The van der Waals surface area contributed by atoms with Gasteiger partial charge in [0, 0.05) is 11.6 Å². The summed E-state index contributed by atoms with van der Waals surface area (Å²) in [4.78, 5) is 3.57. The number of aromatic hydroxyl groups is 1. The predicted octanol–water partition coefficient (Wildman–Crippen LogP) is 1.95. The third-order valence-electron chi connectivity index (χ3n) is 2.06. The van der Waals surface area contributed by atoms with Crippen molar-refractivity contribution in [2.45, 2.75) is 4.90 Å². The van der Waals surface area contributed by atoms with Gasteiger partial charge < -0.3 is 5.11 Å². The summed E-state index contributed by atoms with van der Waals surface area (Å²) >= 11 is 2.99. The van der Waals surface area contributed by atoms with Crippen LogP contribution in [-0.2, 0) is 10.1 Å². The third kappa shape index (κ3) is 1.77. The van der Waals surface area contributed by atoms with Crippen molar-refractivity contribution >= 4 is 37.0 Å². The van der Waals surface area contributed by atoms with Crippen molar-refractivity contribution in [3.63, 3.8) is 0 Å². The molecular formula is C9H6BrNO4S. The van der Waals surface area contributed by atoms with Crippen molar-refractivity contribution < 1.29 is 18.1 Å². The monoisotopic (exact) mass is 303 g/mol. The first-order valence-electron chi connectivity index (χ1n) is 4.15. The molecule has 1 aromatic heterocycles. The molecule has 0 atom stereocenters. The molecule has 16 heavy (non-hydrogen) atoms. The van der Waals surface area contributed by atoms with Crippen molar-refractivity contribution in [3.8, 4) is 5.75 Å². The molecule has 2 aromatic rings. The van der Waals surface area contributed by atoms with Gasteiger partial charge >= 0.3 is 0 Å². The second-order valence-electron chi connectivity index (χ2n) is 3.08. The molecule has 0 amide bonds. The Morgan fingerprint density at radius 2 is 2.06 bits per heavy atom. The molecule has 0 bridgehead atoms. The summed E-state index contributed by atoms with van der Waals surface area (Å²) in [7, 11) is -4.35. The van der Waals surface area contributed by atoms with E-state index in [1.165, 1.54) is 18.3 Å². The van der Waals surface area contributed by atoms with E-state index in [4.69, 9.17) is 4.55 Å². The minimum absolute atomic E-state index is 0.115. The lowest BCUT2D eigenvalue weighted by atomic mass is 10.2. The molecule has 0 spiro atoms. The quantitative estimate of drug-likeness (QED) is 0.786. The standard InChI is InChI=1S/C9H6BrNO4S/c10-6-4-7(16(13,14)15)5-2-1-3-11-8(5)9(6)12/h1-4,12H,(H,13,14,15). The molecule has 1 aromatic carbocycles. The maximum atomic E-state index is 11.1. The fraction of sp³-hybridized carbons (Fsp3) is 0. The van der Waals surface area contributed by atoms with Gasteiger partial charge in [-0.2, -0.15) is 8.42 Å². The van der Waals surface area contributed by atoms with Gasteiger partial charge in [0.2, 0.25) is 0 Å². The number of halogens is 1. The first-order valence-corrected chi connectivity index (χ1v) is 6.38. The summed E-state index contributed by atoms with van der Waals surface area (Å²) in [6, 6.07) is 4.11. The van der Waals surface area contributed by atoms with Crippen molar-refractivity contribution in [2.24, 2.45) is 0 Å². The Morgan fingerprint density at radius 3 is 2.69 bits per heavy atom. The SMILES string of the molecule is O=S(=O)(O)c1cc(Br)c(O)c2ncccc12. The van der Waals surface area contributed by atoms with Gasteiger partial charge in [0.05, 0.1) is 4.47 Å². The van der Waals surface area contributed by atoms with Crippen LogP contribution in [0.3, 0.4) is 0 Å². The summed E-state index contributed by atoms with van der Waals surface area (Å²) in [5, 5.41) is 9.83. The molecule has 0 fully saturated rings. The molecule has 0 aliphatic rings. The number of benzene rings is 1. The van der Waals surface area contributed by atoms with Crippen LogP contribution >= 0.6 is 15.9 Å². The van der Waals surface area contributed by atoms with Gasteiger partial charge in [0.25, 0.3) is 10.1 Å². The molecule has 0 saturated carbocycles. The Labute approximate surface area is 99.6 Å². The molecule has 0 aliphatic carbocycles. The maximum absolute atomic E-state index is 11.1. The first-order chi connectivity index (χ1) is 7.41. The van der Waals surface area contributed by atoms with E-state index in [1.807, 2.05) is 0 Å².